The van der Waals surface area contributed by atoms with Gasteiger partial charge >= 0.3 is 0 Å². The van der Waals surface area contributed by atoms with Gasteiger partial charge in [0.05, 0.1) is 0 Å². The zero-order chi connectivity index (χ0) is 18.3. The molecule has 1 saturated heterocycles. The number of anilines is 2. The van der Waals surface area contributed by atoms with Crippen molar-refractivity contribution in [3.63, 3.8) is 0 Å². The molecule has 1 fully saturated rings. The summed E-state index contributed by atoms with van der Waals surface area (Å²) >= 11 is 3.86. The molecular weight excluding hydrogens is 372 g/mol. The summed E-state index contributed by atoms with van der Waals surface area (Å²) in [6.45, 7) is 1.48. The first-order chi connectivity index (χ1) is 12.5. The lowest BCUT2D eigenvalue weighted by Crippen LogP contribution is -2.44. The highest BCUT2D eigenvalue weighted by Crippen LogP contribution is 2.34. The summed E-state index contributed by atoms with van der Waals surface area (Å²) < 4.78 is 22.0. The van der Waals surface area contributed by atoms with Crippen molar-refractivity contribution in [3.8, 4) is 0 Å². The van der Waals surface area contributed by atoms with Crippen molar-refractivity contribution < 1.29 is 13.6 Å². The Balaban J connectivity index is 1.58. The second-order valence-electron chi connectivity index (χ2n) is 6.59. The summed E-state index contributed by atoms with van der Waals surface area (Å²) in [4.78, 5) is 17.2. The topological polar surface area (TPSA) is 63.7 Å². The first-order valence-electron chi connectivity index (χ1n) is 8.60. The van der Waals surface area contributed by atoms with Crippen molar-refractivity contribution in [1.82, 2.24) is 0 Å². The largest absolute Gasteiger partial charge is 0.768 e. The van der Waals surface area contributed by atoms with E-state index in [-0.39, 0.29) is 16.8 Å². The highest BCUT2D eigenvalue weighted by atomic mass is 35.5. The van der Waals surface area contributed by atoms with Crippen LogP contribution in [-0.4, -0.2) is 33.8 Å². The number of rotatable bonds is 3. The predicted octanol–water partition coefficient (Wildman–Crippen LogP) is 3.14. The summed E-state index contributed by atoms with van der Waals surface area (Å²) in [5.74, 6) is 0.0591. The Morgan fingerprint density at radius 3 is 2.62 bits per heavy atom. The number of carbonyl (C=O) groups excluding carboxylic acids is 1. The van der Waals surface area contributed by atoms with E-state index in [4.69, 9.17) is 11.6 Å². The highest BCUT2D eigenvalue weighted by Gasteiger charge is 2.38. The van der Waals surface area contributed by atoms with Crippen molar-refractivity contribution in [2.75, 3.05) is 22.9 Å². The second kappa shape index (κ2) is 7.02. The minimum Gasteiger partial charge on any atom is -0.768 e. The molecule has 5 nitrogen and oxygen atoms in total. The van der Waals surface area contributed by atoms with E-state index in [1.807, 2.05) is 18.2 Å². The molecule has 2 aliphatic rings. The van der Waals surface area contributed by atoms with E-state index in [2.05, 4.69) is 4.90 Å². The Labute approximate surface area is 159 Å². The van der Waals surface area contributed by atoms with Crippen LogP contribution in [0.1, 0.15) is 18.4 Å². The first kappa shape index (κ1) is 17.5. The zero-order valence-electron chi connectivity index (χ0n) is 14.1. The average molecular weight is 390 g/mol. The number of aryl methyl sites for hydroxylation is 1. The molecule has 0 saturated carbocycles. The maximum Gasteiger partial charge on any atom is 0.249 e. The Kier molecular flexibility index (Phi) is 4.73. The third-order valence-corrected chi connectivity index (χ3v) is 5.98. The predicted molar refractivity (Wildman–Crippen MR) is 102 cm³/mol. The van der Waals surface area contributed by atoms with Crippen molar-refractivity contribution >= 4 is 40.0 Å². The fraction of sp³-hybridized carbons (Fsp3) is 0.316. The minimum absolute atomic E-state index is 0.0591. The van der Waals surface area contributed by atoms with Crippen LogP contribution in [0.15, 0.2) is 47.4 Å². The quantitative estimate of drug-likeness (QED) is 0.756. The molecule has 2 heterocycles. The monoisotopic (exact) mass is 389 g/mol. The summed E-state index contributed by atoms with van der Waals surface area (Å²) in [5, 5.41) is 0.723. The molecule has 0 radical (unpaired) electrons. The normalized spacial score (nSPS) is 21.0. The van der Waals surface area contributed by atoms with Crippen LogP contribution < -0.4 is 9.80 Å². The van der Waals surface area contributed by atoms with Gasteiger partial charge in [0.15, 0.2) is 0 Å². The fourth-order valence-corrected chi connectivity index (χ4v) is 4.42. The average Bonchev–Trinajstić information content (AvgIpc) is 3.02. The third kappa shape index (κ3) is 3.13. The lowest BCUT2D eigenvalue weighted by atomic mass is 9.99. The third-order valence-electron chi connectivity index (χ3n) is 5.09. The smallest absolute Gasteiger partial charge is 0.249 e. The van der Waals surface area contributed by atoms with Crippen molar-refractivity contribution in [1.29, 1.82) is 0 Å². The van der Waals surface area contributed by atoms with Gasteiger partial charge in [-0.25, -0.2) is 0 Å². The van der Waals surface area contributed by atoms with Gasteiger partial charge in [0.2, 0.25) is 5.91 Å². The van der Waals surface area contributed by atoms with E-state index in [1.54, 1.807) is 17.0 Å². The first-order valence-corrected chi connectivity index (χ1v) is 10.1. The van der Waals surface area contributed by atoms with Crippen LogP contribution in [0.5, 0.6) is 0 Å². The fourth-order valence-electron chi connectivity index (χ4n) is 3.87. The molecule has 2 aromatic rings. The van der Waals surface area contributed by atoms with Crippen LogP contribution in [0.2, 0.25) is 5.02 Å². The van der Waals surface area contributed by atoms with Crippen molar-refractivity contribution in [3.05, 3.63) is 53.1 Å². The number of hydrogen-bond acceptors (Lipinski definition) is 4. The maximum absolute atomic E-state index is 13.0. The molecule has 2 atom stereocenters. The molecule has 4 rings (SSSR count). The Bertz CT molecular complexity index is 872. The Morgan fingerprint density at radius 1 is 1.12 bits per heavy atom. The van der Waals surface area contributed by atoms with Crippen molar-refractivity contribution in [2.45, 2.75) is 30.2 Å². The minimum atomic E-state index is -2.26. The number of halogens is 1. The van der Waals surface area contributed by atoms with Gasteiger partial charge in [0.25, 0.3) is 0 Å². The number of benzene rings is 2. The van der Waals surface area contributed by atoms with E-state index in [0.29, 0.717) is 6.54 Å². The second-order valence-corrected chi connectivity index (χ2v) is 7.97. The maximum atomic E-state index is 13.0. The van der Waals surface area contributed by atoms with E-state index < -0.39 is 11.1 Å². The molecular formula is C19H18ClN2O3S-. The SMILES string of the molecule is O=C1[C@@H](N2CCCc3cc(Cl)ccc32)CCN1c1ccc(S(=O)[O-])cc1. The highest BCUT2D eigenvalue weighted by molar-refractivity contribution is 7.79. The number of hydrogen-bond donors (Lipinski definition) is 0. The zero-order valence-corrected chi connectivity index (χ0v) is 15.6. The molecule has 0 bridgehead atoms. The molecule has 0 aromatic heterocycles. The van der Waals surface area contributed by atoms with Gasteiger partial charge in [-0.3, -0.25) is 9.00 Å². The summed E-state index contributed by atoms with van der Waals surface area (Å²) in [7, 11) is 0. The molecule has 0 spiro atoms. The number of amides is 1. The summed E-state index contributed by atoms with van der Waals surface area (Å²) in [6, 6.07) is 12.1. The lowest BCUT2D eigenvalue weighted by Gasteiger charge is -2.35. The van der Waals surface area contributed by atoms with Crippen LogP contribution in [0, 0.1) is 0 Å². The van der Waals surface area contributed by atoms with E-state index in [9.17, 15) is 13.6 Å². The molecule has 26 heavy (non-hydrogen) atoms. The lowest BCUT2D eigenvalue weighted by molar-refractivity contribution is -0.118. The van der Waals surface area contributed by atoms with Crippen LogP contribution in [0.25, 0.3) is 0 Å². The van der Waals surface area contributed by atoms with Gasteiger partial charge in [0.1, 0.15) is 6.04 Å². The van der Waals surface area contributed by atoms with Crippen LogP contribution >= 0.6 is 11.6 Å². The molecule has 0 aliphatic carbocycles. The Morgan fingerprint density at radius 2 is 1.88 bits per heavy atom. The molecule has 2 aromatic carbocycles. The standard InChI is InChI=1S/C19H19ClN2O3S/c20-14-3-8-17-13(12-14)2-1-10-22(17)18-9-11-21(19(18)23)15-4-6-16(7-5-15)26(24)25/h3-8,12,18H,1-2,9-11H2,(H,24,25)/p-1/t18-/m0/s1. The van der Waals surface area contributed by atoms with E-state index in [0.717, 1.165) is 42.2 Å². The van der Waals surface area contributed by atoms with Gasteiger partial charge in [-0.1, -0.05) is 11.6 Å². The van der Waals surface area contributed by atoms with Gasteiger partial charge in [-0.15, -0.1) is 0 Å². The number of nitrogens with zero attached hydrogens (tertiary/aromatic N) is 2. The molecule has 136 valence electrons. The number of carbonyl (C=O) groups is 1. The van der Waals surface area contributed by atoms with Crippen molar-refractivity contribution in [2.24, 2.45) is 0 Å². The molecule has 2 aliphatic heterocycles. The molecule has 0 N–H and O–H groups in total. The van der Waals surface area contributed by atoms with Crippen LogP contribution in [0.3, 0.4) is 0 Å². The Hall–Kier alpha value is -1.89. The van der Waals surface area contributed by atoms with Gasteiger partial charge in [-0.05, 0) is 78.4 Å². The summed E-state index contributed by atoms with van der Waals surface area (Å²) in [6.07, 6.45) is 2.72. The molecule has 7 heteroatoms. The molecule has 1 unspecified atom stereocenters. The van der Waals surface area contributed by atoms with E-state index >= 15 is 0 Å². The van der Waals surface area contributed by atoms with Gasteiger partial charge < -0.3 is 14.4 Å². The molecule has 1 amide bonds. The van der Waals surface area contributed by atoms with Gasteiger partial charge in [-0.2, -0.15) is 0 Å². The van der Waals surface area contributed by atoms with Crippen LogP contribution in [0.4, 0.5) is 11.4 Å². The van der Waals surface area contributed by atoms with E-state index in [1.165, 1.54) is 17.7 Å². The van der Waals surface area contributed by atoms with Crippen LogP contribution in [-0.2, 0) is 22.3 Å². The summed E-state index contributed by atoms with van der Waals surface area (Å²) in [5.41, 5.74) is 3.02. The van der Waals surface area contributed by atoms with Gasteiger partial charge in [0, 0.05) is 34.4 Å². The number of fused-ring (bicyclic) bond motifs is 1.